The summed E-state index contributed by atoms with van der Waals surface area (Å²) in [6, 6.07) is 0. The predicted molar refractivity (Wildman–Crippen MR) is 47.0 cm³/mol. The van der Waals surface area contributed by atoms with Crippen molar-refractivity contribution in [1.29, 1.82) is 0 Å². The quantitative estimate of drug-likeness (QED) is 0.668. The molecule has 0 saturated heterocycles. The van der Waals surface area contributed by atoms with Crippen molar-refractivity contribution in [2.75, 3.05) is 13.6 Å². The van der Waals surface area contributed by atoms with Crippen molar-refractivity contribution in [3.8, 4) is 0 Å². The van der Waals surface area contributed by atoms with Crippen molar-refractivity contribution in [1.82, 2.24) is 5.32 Å². The lowest BCUT2D eigenvalue weighted by molar-refractivity contribution is -0.143. The number of aliphatic carboxylic acids is 1. The van der Waals surface area contributed by atoms with Gasteiger partial charge in [0.1, 0.15) is 0 Å². The minimum absolute atomic E-state index is 0.0712. The fourth-order valence-electron chi connectivity index (χ4n) is 1.90. The van der Waals surface area contributed by atoms with Gasteiger partial charge in [0.15, 0.2) is 0 Å². The average molecular weight is 171 g/mol. The van der Waals surface area contributed by atoms with Crippen molar-refractivity contribution in [3.05, 3.63) is 0 Å². The molecule has 1 aliphatic rings. The normalized spacial score (nSPS) is 30.1. The predicted octanol–water partition coefficient (Wildman–Crippen LogP) is 1.10. The monoisotopic (exact) mass is 171 g/mol. The summed E-state index contributed by atoms with van der Waals surface area (Å²) in [7, 11) is 1.95. The summed E-state index contributed by atoms with van der Waals surface area (Å²) in [5.74, 6) is 0.0154. The van der Waals surface area contributed by atoms with Crippen LogP contribution in [-0.2, 0) is 4.79 Å². The fourth-order valence-corrected chi connectivity index (χ4v) is 1.90. The van der Waals surface area contributed by atoms with Crippen LogP contribution in [-0.4, -0.2) is 24.7 Å². The van der Waals surface area contributed by atoms with Crippen LogP contribution in [0.25, 0.3) is 0 Å². The number of rotatable bonds is 3. The van der Waals surface area contributed by atoms with Crippen molar-refractivity contribution < 1.29 is 9.90 Å². The van der Waals surface area contributed by atoms with E-state index in [2.05, 4.69) is 5.32 Å². The van der Waals surface area contributed by atoms with Gasteiger partial charge in [-0.1, -0.05) is 0 Å². The highest BCUT2D eigenvalue weighted by Gasteiger charge is 2.25. The molecule has 1 aliphatic carbocycles. The van der Waals surface area contributed by atoms with Gasteiger partial charge in [-0.2, -0.15) is 0 Å². The molecule has 1 rings (SSSR count). The van der Waals surface area contributed by atoms with Crippen LogP contribution in [0, 0.1) is 11.8 Å². The molecular weight excluding hydrogens is 154 g/mol. The molecule has 0 spiro atoms. The molecule has 1 fully saturated rings. The first-order valence-corrected chi connectivity index (χ1v) is 4.61. The first kappa shape index (κ1) is 9.52. The molecule has 0 heterocycles. The Morgan fingerprint density at radius 3 is 2.42 bits per heavy atom. The number of hydrogen-bond donors (Lipinski definition) is 2. The van der Waals surface area contributed by atoms with Crippen LogP contribution in [0.2, 0.25) is 0 Å². The van der Waals surface area contributed by atoms with Crippen molar-refractivity contribution in [2.45, 2.75) is 25.7 Å². The van der Waals surface area contributed by atoms with Crippen molar-refractivity contribution in [2.24, 2.45) is 11.8 Å². The Hall–Kier alpha value is -0.570. The maximum Gasteiger partial charge on any atom is 0.306 e. The number of hydrogen-bond acceptors (Lipinski definition) is 2. The van der Waals surface area contributed by atoms with E-state index in [4.69, 9.17) is 5.11 Å². The number of carbonyl (C=O) groups is 1. The summed E-state index contributed by atoms with van der Waals surface area (Å²) in [5, 5.41) is 11.9. The molecule has 0 aromatic carbocycles. The van der Waals surface area contributed by atoms with Crippen LogP contribution < -0.4 is 5.32 Å². The maximum atomic E-state index is 10.6. The lowest BCUT2D eigenvalue weighted by atomic mass is 9.82. The molecule has 0 unspecified atom stereocenters. The molecular formula is C9H17NO2. The second-order valence-electron chi connectivity index (χ2n) is 3.61. The maximum absolute atomic E-state index is 10.6. The molecule has 0 aromatic rings. The van der Waals surface area contributed by atoms with Crippen LogP contribution in [0.5, 0.6) is 0 Å². The number of carboxylic acids is 1. The highest BCUT2D eigenvalue weighted by Crippen LogP contribution is 2.28. The van der Waals surface area contributed by atoms with Gasteiger partial charge in [-0.25, -0.2) is 0 Å². The molecule has 2 N–H and O–H groups in total. The van der Waals surface area contributed by atoms with Crippen molar-refractivity contribution >= 4 is 5.97 Å². The van der Waals surface area contributed by atoms with Crippen LogP contribution in [0.1, 0.15) is 25.7 Å². The summed E-state index contributed by atoms with van der Waals surface area (Å²) in [6.07, 6.45) is 3.86. The van der Waals surface area contributed by atoms with Gasteiger partial charge in [0.2, 0.25) is 0 Å². The molecule has 0 aromatic heterocycles. The topological polar surface area (TPSA) is 49.3 Å². The summed E-state index contributed by atoms with van der Waals surface area (Å²) in [6.45, 7) is 1.03. The summed E-state index contributed by atoms with van der Waals surface area (Å²) in [4.78, 5) is 10.6. The van der Waals surface area contributed by atoms with E-state index in [1.807, 2.05) is 7.05 Å². The van der Waals surface area contributed by atoms with Gasteiger partial charge >= 0.3 is 5.97 Å². The third-order valence-corrected chi connectivity index (χ3v) is 2.69. The molecule has 3 nitrogen and oxygen atoms in total. The first-order valence-electron chi connectivity index (χ1n) is 4.61. The van der Waals surface area contributed by atoms with E-state index in [1.165, 1.54) is 0 Å². The minimum atomic E-state index is -0.613. The van der Waals surface area contributed by atoms with Gasteiger partial charge in [-0.15, -0.1) is 0 Å². The van der Waals surface area contributed by atoms with E-state index in [0.29, 0.717) is 5.92 Å². The van der Waals surface area contributed by atoms with E-state index in [0.717, 1.165) is 32.2 Å². The zero-order chi connectivity index (χ0) is 8.97. The van der Waals surface area contributed by atoms with Crippen LogP contribution >= 0.6 is 0 Å². The molecule has 0 aliphatic heterocycles. The average Bonchev–Trinajstić information content (AvgIpc) is 2.06. The Morgan fingerprint density at radius 2 is 2.00 bits per heavy atom. The fraction of sp³-hybridized carbons (Fsp3) is 0.889. The molecule has 12 heavy (non-hydrogen) atoms. The molecule has 0 bridgehead atoms. The Balaban J connectivity index is 2.25. The van der Waals surface area contributed by atoms with Crippen LogP contribution in [0.15, 0.2) is 0 Å². The summed E-state index contributed by atoms with van der Waals surface area (Å²) in [5.41, 5.74) is 0. The molecule has 3 heteroatoms. The van der Waals surface area contributed by atoms with Crippen LogP contribution in [0.4, 0.5) is 0 Å². The van der Waals surface area contributed by atoms with Gasteiger partial charge < -0.3 is 10.4 Å². The van der Waals surface area contributed by atoms with E-state index < -0.39 is 5.97 Å². The third kappa shape index (κ3) is 2.48. The number of carboxylic acid groups (broad SMARTS) is 1. The highest BCUT2D eigenvalue weighted by atomic mass is 16.4. The molecule has 70 valence electrons. The van der Waals surface area contributed by atoms with E-state index in [-0.39, 0.29) is 5.92 Å². The first-order chi connectivity index (χ1) is 5.74. The lowest BCUT2D eigenvalue weighted by Gasteiger charge is -2.25. The molecule has 0 radical (unpaired) electrons. The van der Waals surface area contributed by atoms with Gasteiger partial charge in [0.05, 0.1) is 5.92 Å². The Morgan fingerprint density at radius 1 is 1.42 bits per heavy atom. The second kappa shape index (κ2) is 4.45. The van der Waals surface area contributed by atoms with Gasteiger partial charge in [-0.05, 0) is 45.2 Å². The van der Waals surface area contributed by atoms with E-state index in [1.54, 1.807) is 0 Å². The molecule has 0 atom stereocenters. The van der Waals surface area contributed by atoms with E-state index >= 15 is 0 Å². The van der Waals surface area contributed by atoms with Gasteiger partial charge in [-0.3, -0.25) is 4.79 Å². The van der Waals surface area contributed by atoms with E-state index in [9.17, 15) is 4.79 Å². The van der Waals surface area contributed by atoms with Gasteiger partial charge in [0.25, 0.3) is 0 Å². The second-order valence-corrected chi connectivity index (χ2v) is 3.61. The lowest BCUT2D eigenvalue weighted by Crippen LogP contribution is -2.26. The zero-order valence-corrected chi connectivity index (χ0v) is 7.55. The Kier molecular flexibility index (Phi) is 3.53. The molecule has 1 saturated carbocycles. The standard InChI is InChI=1S/C9H17NO2/c1-10-6-7-2-4-8(5-3-7)9(11)12/h7-8,10H,2-6H2,1H3,(H,11,12). The SMILES string of the molecule is CNCC1CCC(C(=O)O)CC1. The Labute approximate surface area is 73.2 Å². The number of nitrogens with one attached hydrogen (secondary N) is 1. The largest absolute Gasteiger partial charge is 0.481 e. The highest BCUT2D eigenvalue weighted by molar-refractivity contribution is 5.69. The Bertz CT molecular complexity index is 151. The van der Waals surface area contributed by atoms with Crippen molar-refractivity contribution in [3.63, 3.8) is 0 Å². The smallest absolute Gasteiger partial charge is 0.306 e. The summed E-state index contributed by atoms with van der Waals surface area (Å²) >= 11 is 0. The summed E-state index contributed by atoms with van der Waals surface area (Å²) < 4.78 is 0. The zero-order valence-electron chi connectivity index (χ0n) is 7.55. The van der Waals surface area contributed by atoms with Crippen LogP contribution in [0.3, 0.4) is 0 Å². The minimum Gasteiger partial charge on any atom is -0.481 e. The molecule has 0 amide bonds. The van der Waals surface area contributed by atoms with Gasteiger partial charge in [0, 0.05) is 0 Å². The third-order valence-electron chi connectivity index (χ3n) is 2.69.